The molecule has 0 aliphatic carbocycles. The van der Waals surface area contributed by atoms with Gasteiger partial charge in [0.25, 0.3) is 0 Å². The van der Waals surface area contributed by atoms with Crippen LogP contribution in [-0.2, 0) is 0 Å². The molecule has 1 aromatic heterocycles. The highest BCUT2D eigenvalue weighted by molar-refractivity contribution is 7.16. The molecule has 1 atom stereocenters. The SMILES string of the molecule is CC(c1cccc(C=O)c1)c1ccc(Cl)s1. The van der Waals surface area contributed by atoms with E-state index in [1.807, 2.05) is 36.4 Å². The van der Waals surface area contributed by atoms with Crippen LogP contribution in [0.4, 0.5) is 0 Å². The van der Waals surface area contributed by atoms with Crippen molar-refractivity contribution in [2.45, 2.75) is 12.8 Å². The fraction of sp³-hybridized carbons (Fsp3) is 0.154. The first-order valence-corrected chi connectivity index (χ1v) is 6.20. The summed E-state index contributed by atoms with van der Waals surface area (Å²) in [5.41, 5.74) is 1.86. The summed E-state index contributed by atoms with van der Waals surface area (Å²) in [5, 5.41) is 0. The fourth-order valence-electron chi connectivity index (χ4n) is 1.63. The van der Waals surface area contributed by atoms with Crippen LogP contribution in [0.3, 0.4) is 0 Å². The van der Waals surface area contributed by atoms with Gasteiger partial charge in [-0.25, -0.2) is 0 Å². The van der Waals surface area contributed by atoms with Crippen LogP contribution in [0.15, 0.2) is 36.4 Å². The Kier molecular flexibility index (Phi) is 3.42. The molecule has 0 aliphatic heterocycles. The molecule has 1 nitrogen and oxygen atoms in total. The van der Waals surface area contributed by atoms with Crippen LogP contribution in [0.1, 0.15) is 33.6 Å². The van der Waals surface area contributed by atoms with E-state index < -0.39 is 0 Å². The standard InChI is InChI=1S/C13H11ClOS/c1-9(12-5-6-13(14)16-12)11-4-2-3-10(7-11)8-15/h2-9H,1H3. The highest BCUT2D eigenvalue weighted by atomic mass is 35.5. The van der Waals surface area contributed by atoms with Crippen molar-refractivity contribution in [3.8, 4) is 0 Å². The molecule has 0 radical (unpaired) electrons. The monoisotopic (exact) mass is 250 g/mol. The van der Waals surface area contributed by atoms with Crippen LogP contribution in [0, 0.1) is 0 Å². The van der Waals surface area contributed by atoms with Gasteiger partial charge in [-0.1, -0.05) is 36.7 Å². The topological polar surface area (TPSA) is 17.1 Å². The summed E-state index contributed by atoms with van der Waals surface area (Å²) in [7, 11) is 0. The van der Waals surface area contributed by atoms with E-state index in [0.29, 0.717) is 5.56 Å². The van der Waals surface area contributed by atoms with Gasteiger partial charge in [-0.15, -0.1) is 11.3 Å². The van der Waals surface area contributed by atoms with Crippen molar-refractivity contribution in [3.63, 3.8) is 0 Å². The average molecular weight is 251 g/mol. The lowest BCUT2D eigenvalue weighted by Crippen LogP contribution is -1.94. The quantitative estimate of drug-likeness (QED) is 0.740. The molecule has 3 heteroatoms. The molecule has 1 aromatic carbocycles. The first-order chi connectivity index (χ1) is 7.70. The summed E-state index contributed by atoms with van der Waals surface area (Å²) in [5.74, 6) is 0.275. The first-order valence-electron chi connectivity index (χ1n) is 5.01. The molecule has 0 fully saturated rings. The number of hydrogen-bond acceptors (Lipinski definition) is 2. The minimum Gasteiger partial charge on any atom is -0.298 e. The summed E-state index contributed by atoms with van der Waals surface area (Å²) in [6, 6.07) is 11.6. The lowest BCUT2D eigenvalue weighted by molar-refractivity contribution is 0.112. The largest absolute Gasteiger partial charge is 0.298 e. The molecule has 0 saturated carbocycles. The summed E-state index contributed by atoms with van der Waals surface area (Å²) >= 11 is 7.49. The molecular weight excluding hydrogens is 240 g/mol. The van der Waals surface area contributed by atoms with E-state index in [0.717, 1.165) is 16.2 Å². The van der Waals surface area contributed by atoms with Gasteiger partial charge in [0.2, 0.25) is 0 Å². The molecule has 0 bridgehead atoms. The molecular formula is C13H11ClOS. The van der Waals surface area contributed by atoms with Crippen molar-refractivity contribution >= 4 is 29.2 Å². The predicted molar refractivity (Wildman–Crippen MR) is 68.7 cm³/mol. The Balaban J connectivity index is 2.33. The minimum absolute atomic E-state index is 0.275. The Labute approximate surface area is 104 Å². The van der Waals surface area contributed by atoms with Crippen LogP contribution >= 0.6 is 22.9 Å². The zero-order valence-electron chi connectivity index (χ0n) is 8.81. The summed E-state index contributed by atoms with van der Waals surface area (Å²) < 4.78 is 0.799. The Morgan fingerprint density at radius 3 is 2.75 bits per heavy atom. The zero-order valence-corrected chi connectivity index (χ0v) is 10.4. The van der Waals surface area contributed by atoms with E-state index in [1.54, 1.807) is 11.3 Å². The van der Waals surface area contributed by atoms with Crippen molar-refractivity contribution in [2.75, 3.05) is 0 Å². The van der Waals surface area contributed by atoms with Gasteiger partial charge in [-0.05, 0) is 23.8 Å². The van der Waals surface area contributed by atoms with Gasteiger partial charge in [-0.3, -0.25) is 4.79 Å². The minimum atomic E-state index is 0.275. The number of aldehydes is 1. The van der Waals surface area contributed by atoms with Crippen molar-refractivity contribution in [1.82, 2.24) is 0 Å². The number of hydrogen-bond donors (Lipinski definition) is 0. The number of halogens is 1. The van der Waals surface area contributed by atoms with E-state index >= 15 is 0 Å². The summed E-state index contributed by atoms with van der Waals surface area (Å²) in [4.78, 5) is 11.9. The lowest BCUT2D eigenvalue weighted by Gasteiger charge is -2.09. The van der Waals surface area contributed by atoms with Crippen LogP contribution < -0.4 is 0 Å². The fourth-order valence-corrected chi connectivity index (χ4v) is 2.77. The van der Waals surface area contributed by atoms with Crippen LogP contribution in [-0.4, -0.2) is 6.29 Å². The highest BCUT2D eigenvalue weighted by Gasteiger charge is 2.10. The number of carbonyl (C=O) groups is 1. The molecule has 0 spiro atoms. The van der Waals surface area contributed by atoms with Gasteiger partial charge >= 0.3 is 0 Å². The lowest BCUT2D eigenvalue weighted by atomic mass is 9.98. The van der Waals surface area contributed by atoms with Crippen LogP contribution in [0.2, 0.25) is 4.34 Å². The molecule has 2 aromatic rings. The maximum atomic E-state index is 10.7. The number of carbonyl (C=O) groups excluding carboxylic acids is 1. The third-order valence-corrected chi connectivity index (χ3v) is 3.98. The Bertz CT molecular complexity index is 504. The van der Waals surface area contributed by atoms with E-state index in [-0.39, 0.29) is 5.92 Å². The first kappa shape index (κ1) is 11.4. The van der Waals surface area contributed by atoms with E-state index in [9.17, 15) is 4.79 Å². The van der Waals surface area contributed by atoms with Crippen molar-refractivity contribution in [2.24, 2.45) is 0 Å². The van der Waals surface area contributed by atoms with Gasteiger partial charge in [0.05, 0.1) is 4.34 Å². The third kappa shape index (κ3) is 2.34. The van der Waals surface area contributed by atoms with Crippen molar-refractivity contribution in [1.29, 1.82) is 0 Å². The Morgan fingerprint density at radius 1 is 1.31 bits per heavy atom. The predicted octanol–water partition coefficient (Wildman–Crippen LogP) is 4.37. The van der Waals surface area contributed by atoms with Gasteiger partial charge in [-0.2, -0.15) is 0 Å². The molecule has 16 heavy (non-hydrogen) atoms. The van der Waals surface area contributed by atoms with Crippen LogP contribution in [0.5, 0.6) is 0 Å². The molecule has 1 unspecified atom stereocenters. The maximum absolute atomic E-state index is 10.7. The molecule has 0 saturated heterocycles. The number of rotatable bonds is 3. The smallest absolute Gasteiger partial charge is 0.150 e. The number of benzene rings is 1. The Hall–Kier alpha value is -1.12. The summed E-state index contributed by atoms with van der Waals surface area (Å²) in [6.07, 6.45) is 0.873. The van der Waals surface area contributed by atoms with Gasteiger partial charge < -0.3 is 0 Å². The molecule has 0 N–H and O–H groups in total. The maximum Gasteiger partial charge on any atom is 0.150 e. The third-order valence-electron chi connectivity index (χ3n) is 2.57. The zero-order chi connectivity index (χ0) is 11.5. The van der Waals surface area contributed by atoms with Gasteiger partial charge in [0.1, 0.15) is 6.29 Å². The molecule has 2 rings (SSSR count). The van der Waals surface area contributed by atoms with E-state index in [4.69, 9.17) is 11.6 Å². The molecule has 82 valence electrons. The second-order valence-corrected chi connectivity index (χ2v) is 5.40. The van der Waals surface area contributed by atoms with Gasteiger partial charge in [0, 0.05) is 16.4 Å². The van der Waals surface area contributed by atoms with E-state index in [1.165, 1.54) is 4.88 Å². The Morgan fingerprint density at radius 2 is 2.12 bits per heavy atom. The van der Waals surface area contributed by atoms with E-state index in [2.05, 4.69) is 6.92 Å². The van der Waals surface area contributed by atoms with Crippen molar-refractivity contribution in [3.05, 3.63) is 56.7 Å². The summed E-state index contributed by atoms with van der Waals surface area (Å²) in [6.45, 7) is 2.12. The van der Waals surface area contributed by atoms with Crippen LogP contribution in [0.25, 0.3) is 0 Å². The molecule has 0 aliphatic rings. The van der Waals surface area contributed by atoms with Crippen molar-refractivity contribution < 1.29 is 4.79 Å². The number of thiophene rings is 1. The molecule has 1 heterocycles. The second kappa shape index (κ2) is 4.81. The second-order valence-electron chi connectivity index (χ2n) is 3.65. The highest BCUT2D eigenvalue weighted by Crippen LogP contribution is 2.32. The van der Waals surface area contributed by atoms with Gasteiger partial charge in [0.15, 0.2) is 0 Å². The average Bonchev–Trinajstić information content (AvgIpc) is 2.75. The normalized spacial score (nSPS) is 12.4. The molecule has 0 amide bonds.